The lowest BCUT2D eigenvalue weighted by Crippen LogP contribution is -2.41. The van der Waals surface area contributed by atoms with Crippen molar-refractivity contribution in [3.05, 3.63) is 29.3 Å². The zero-order valence-corrected chi connectivity index (χ0v) is 10.9. The summed E-state index contributed by atoms with van der Waals surface area (Å²) in [5.74, 6) is 0.104. The van der Waals surface area contributed by atoms with Gasteiger partial charge in [-0.2, -0.15) is 0 Å². The maximum Gasteiger partial charge on any atom is 0.251 e. The van der Waals surface area contributed by atoms with Gasteiger partial charge in [0.15, 0.2) is 0 Å². The van der Waals surface area contributed by atoms with Crippen molar-refractivity contribution in [2.45, 2.75) is 26.3 Å². The van der Waals surface area contributed by atoms with Crippen LogP contribution in [0.15, 0.2) is 18.2 Å². The lowest BCUT2D eigenvalue weighted by atomic mass is 10.0. The fourth-order valence-electron chi connectivity index (χ4n) is 2.12. The van der Waals surface area contributed by atoms with Gasteiger partial charge in [0.1, 0.15) is 0 Å². The molecule has 1 unspecified atom stereocenters. The Balaban J connectivity index is 2.09. The molecule has 1 aromatic carbocycles. The first-order valence-electron chi connectivity index (χ1n) is 6.40. The SMILES string of the molecule is CC(C)C(CO)NC(=O)c1ccc2c(c1)CCN2. The van der Waals surface area contributed by atoms with Crippen LogP contribution in [-0.4, -0.2) is 30.2 Å². The molecule has 3 N–H and O–H groups in total. The molecule has 4 nitrogen and oxygen atoms in total. The summed E-state index contributed by atoms with van der Waals surface area (Å²) in [7, 11) is 0. The van der Waals surface area contributed by atoms with Crippen LogP contribution in [0.25, 0.3) is 0 Å². The summed E-state index contributed by atoms with van der Waals surface area (Å²) in [6.45, 7) is 4.86. The van der Waals surface area contributed by atoms with Crippen LogP contribution >= 0.6 is 0 Å². The molecule has 18 heavy (non-hydrogen) atoms. The van der Waals surface area contributed by atoms with E-state index in [0.29, 0.717) is 5.56 Å². The van der Waals surface area contributed by atoms with Crippen LogP contribution < -0.4 is 10.6 Å². The van der Waals surface area contributed by atoms with Crippen LogP contribution in [0.1, 0.15) is 29.8 Å². The summed E-state index contributed by atoms with van der Waals surface area (Å²) in [5, 5.41) is 15.4. The number of carbonyl (C=O) groups excluding carboxylic acids is 1. The second-order valence-corrected chi connectivity index (χ2v) is 5.06. The number of fused-ring (bicyclic) bond motifs is 1. The van der Waals surface area contributed by atoms with E-state index in [4.69, 9.17) is 0 Å². The Morgan fingerprint density at radius 1 is 1.50 bits per heavy atom. The zero-order chi connectivity index (χ0) is 13.1. The second kappa shape index (κ2) is 5.40. The highest BCUT2D eigenvalue weighted by atomic mass is 16.3. The molecule has 0 radical (unpaired) electrons. The molecular weight excluding hydrogens is 228 g/mol. The van der Waals surface area contributed by atoms with E-state index in [1.54, 1.807) is 0 Å². The van der Waals surface area contributed by atoms with E-state index >= 15 is 0 Å². The van der Waals surface area contributed by atoms with Gasteiger partial charge in [0, 0.05) is 17.8 Å². The van der Waals surface area contributed by atoms with Crippen LogP contribution in [-0.2, 0) is 6.42 Å². The van der Waals surface area contributed by atoms with Gasteiger partial charge in [-0.15, -0.1) is 0 Å². The first-order chi connectivity index (χ1) is 8.61. The molecule has 0 bridgehead atoms. The third-order valence-electron chi connectivity index (χ3n) is 3.40. The van der Waals surface area contributed by atoms with Crippen molar-refractivity contribution in [2.24, 2.45) is 5.92 Å². The number of rotatable bonds is 4. The van der Waals surface area contributed by atoms with Crippen molar-refractivity contribution in [1.82, 2.24) is 5.32 Å². The Bertz CT molecular complexity index is 443. The third kappa shape index (κ3) is 2.64. The molecule has 2 rings (SSSR count). The molecule has 4 heteroatoms. The number of benzene rings is 1. The van der Waals surface area contributed by atoms with Gasteiger partial charge in [-0.25, -0.2) is 0 Å². The predicted molar refractivity (Wildman–Crippen MR) is 71.8 cm³/mol. The average molecular weight is 248 g/mol. The van der Waals surface area contributed by atoms with Crippen LogP contribution in [0.2, 0.25) is 0 Å². The van der Waals surface area contributed by atoms with Gasteiger partial charge in [0.25, 0.3) is 5.91 Å². The molecule has 1 aliphatic rings. The van der Waals surface area contributed by atoms with Gasteiger partial charge in [0.2, 0.25) is 0 Å². The van der Waals surface area contributed by atoms with E-state index in [9.17, 15) is 9.90 Å². The molecule has 1 heterocycles. The number of nitrogens with one attached hydrogen (secondary N) is 2. The summed E-state index contributed by atoms with van der Waals surface area (Å²) in [5.41, 5.74) is 2.97. The second-order valence-electron chi connectivity index (χ2n) is 5.06. The topological polar surface area (TPSA) is 61.4 Å². The molecular formula is C14H20N2O2. The number of hydrogen-bond acceptors (Lipinski definition) is 3. The maximum atomic E-state index is 12.1. The van der Waals surface area contributed by atoms with Crippen LogP contribution in [0, 0.1) is 5.92 Å². The van der Waals surface area contributed by atoms with Crippen molar-refractivity contribution in [1.29, 1.82) is 0 Å². The standard InChI is InChI=1S/C14H20N2O2/c1-9(2)13(8-17)16-14(18)11-3-4-12-10(7-11)5-6-15-12/h3-4,7,9,13,15,17H,5-6,8H2,1-2H3,(H,16,18). The highest BCUT2D eigenvalue weighted by molar-refractivity contribution is 5.95. The number of aliphatic hydroxyl groups excluding tert-OH is 1. The summed E-state index contributed by atoms with van der Waals surface area (Å²) in [6, 6.07) is 5.50. The molecule has 0 aromatic heterocycles. The Hall–Kier alpha value is -1.55. The summed E-state index contributed by atoms with van der Waals surface area (Å²) in [4.78, 5) is 12.1. The van der Waals surface area contributed by atoms with Crippen molar-refractivity contribution in [2.75, 3.05) is 18.5 Å². The third-order valence-corrected chi connectivity index (χ3v) is 3.40. The van der Waals surface area contributed by atoms with Crippen LogP contribution in [0.3, 0.4) is 0 Å². The lowest BCUT2D eigenvalue weighted by molar-refractivity contribution is 0.0897. The molecule has 1 aromatic rings. The van der Waals surface area contributed by atoms with Crippen LogP contribution in [0.4, 0.5) is 5.69 Å². The molecule has 0 spiro atoms. The Labute approximate surface area is 107 Å². The summed E-state index contributed by atoms with van der Waals surface area (Å²) >= 11 is 0. The zero-order valence-electron chi connectivity index (χ0n) is 10.9. The normalized spacial score (nSPS) is 15.1. The minimum absolute atomic E-state index is 0.0318. The molecule has 0 aliphatic carbocycles. The van der Waals surface area contributed by atoms with Crippen molar-refractivity contribution >= 4 is 11.6 Å². The molecule has 1 aliphatic heterocycles. The van der Waals surface area contributed by atoms with Crippen LogP contribution in [0.5, 0.6) is 0 Å². The largest absolute Gasteiger partial charge is 0.394 e. The predicted octanol–water partition coefficient (Wildman–Crippen LogP) is 1.40. The fraction of sp³-hybridized carbons (Fsp3) is 0.500. The monoisotopic (exact) mass is 248 g/mol. The van der Waals surface area contributed by atoms with Crippen molar-refractivity contribution < 1.29 is 9.90 Å². The first kappa shape index (κ1) is 12.9. The Morgan fingerprint density at radius 2 is 2.28 bits per heavy atom. The fourth-order valence-corrected chi connectivity index (χ4v) is 2.12. The van der Waals surface area contributed by atoms with Gasteiger partial charge in [-0.1, -0.05) is 13.8 Å². The number of amides is 1. The molecule has 98 valence electrons. The minimum Gasteiger partial charge on any atom is -0.394 e. The molecule has 0 saturated carbocycles. The summed E-state index contributed by atoms with van der Waals surface area (Å²) < 4.78 is 0. The highest BCUT2D eigenvalue weighted by Gasteiger charge is 2.18. The number of hydrogen-bond donors (Lipinski definition) is 3. The molecule has 1 amide bonds. The van der Waals surface area contributed by atoms with E-state index in [1.807, 2.05) is 32.0 Å². The van der Waals surface area contributed by atoms with Gasteiger partial charge >= 0.3 is 0 Å². The molecule has 0 fully saturated rings. The first-order valence-corrected chi connectivity index (χ1v) is 6.40. The highest BCUT2D eigenvalue weighted by Crippen LogP contribution is 2.23. The number of aliphatic hydroxyl groups is 1. The Morgan fingerprint density at radius 3 is 2.94 bits per heavy atom. The summed E-state index contributed by atoms with van der Waals surface area (Å²) in [6.07, 6.45) is 0.962. The van der Waals surface area contributed by atoms with E-state index in [1.165, 1.54) is 5.56 Å². The average Bonchev–Trinajstić information content (AvgIpc) is 2.82. The van der Waals surface area contributed by atoms with Gasteiger partial charge in [-0.05, 0) is 36.1 Å². The van der Waals surface area contributed by atoms with Crippen molar-refractivity contribution in [3.63, 3.8) is 0 Å². The van der Waals surface area contributed by atoms with E-state index in [2.05, 4.69) is 10.6 Å². The quantitative estimate of drug-likeness (QED) is 0.755. The number of carbonyl (C=O) groups is 1. The van der Waals surface area contributed by atoms with Gasteiger partial charge in [-0.3, -0.25) is 4.79 Å². The molecule has 0 saturated heterocycles. The number of anilines is 1. The van der Waals surface area contributed by atoms with Gasteiger partial charge in [0.05, 0.1) is 12.6 Å². The van der Waals surface area contributed by atoms with E-state index in [0.717, 1.165) is 18.7 Å². The Kier molecular flexibility index (Phi) is 3.87. The van der Waals surface area contributed by atoms with Gasteiger partial charge < -0.3 is 15.7 Å². The van der Waals surface area contributed by atoms with E-state index < -0.39 is 0 Å². The smallest absolute Gasteiger partial charge is 0.251 e. The van der Waals surface area contributed by atoms with Crippen molar-refractivity contribution in [3.8, 4) is 0 Å². The van der Waals surface area contributed by atoms with E-state index in [-0.39, 0.29) is 24.5 Å². The lowest BCUT2D eigenvalue weighted by Gasteiger charge is -2.20. The molecule has 1 atom stereocenters. The maximum absolute atomic E-state index is 12.1. The minimum atomic E-state index is -0.191.